The predicted octanol–water partition coefficient (Wildman–Crippen LogP) is 0.442. The van der Waals surface area contributed by atoms with Crippen LogP contribution in [0.3, 0.4) is 0 Å². The molecule has 0 spiro atoms. The Hall–Kier alpha value is -1.64. The van der Waals surface area contributed by atoms with Gasteiger partial charge in [-0.3, -0.25) is 9.53 Å². The molecule has 0 aliphatic rings. The normalized spacial score (nSPS) is 11.7. The first-order valence-corrected chi connectivity index (χ1v) is 4.18. The highest BCUT2D eigenvalue weighted by atomic mass is 19.4. The summed E-state index contributed by atoms with van der Waals surface area (Å²) in [5, 5.41) is 15.3. The second kappa shape index (κ2) is 4.92. The largest absolute Gasteiger partial charge is 0.522 e. The molecule has 1 aromatic heterocycles. The van der Waals surface area contributed by atoms with Gasteiger partial charge in [0.2, 0.25) is 0 Å². The van der Waals surface area contributed by atoms with Crippen LogP contribution in [-0.4, -0.2) is 39.0 Å². The van der Waals surface area contributed by atoms with Gasteiger partial charge in [-0.05, 0) is 0 Å². The first kappa shape index (κ1) is 12.4. The first-order valence-electron chi connectivity index (χ1n) is 4.18. The van der Waals surface area contributed by atoms with Gasteiger partial charge in [-0.1, -0.05) is 5.21 Å². The highest BCUT2D eigenvalue weighted by Gasteiger charge is 2.28. The molecule has 0 atom stereocenters. The van der Waals surface area contributed by atoms with Gasteiger partial charge in [-0.2, -0.15) is 0 Å². The van der Waals surface area contributed by atoms with Gasteiger partial charge in [-0.25, -0.2) is 4.68 Å². The van der Waals surface area contributed by atoms with Crippen LogP contribution in [0.5, 0.6) is 0 Å². The lowest BCUT2D eigenvalue weighted by Gasteiger charge is -2.06. The number of aliphatic carboxylic acids is 1. The number of alkyl halides is 3. The van der Waals surface area contributed by atoms with Crippen LogP contribution in [-0.2, 0) is 22.5 Å². The Balaban J connectivity index is 2.38. The number of halogens is 3. The van der Waals surface area contributed by atoms with Gasteiger partial charge in [0, 0.05) is 6.20 Å². The maximum Gasteiger partial charge on any atom is 0.522 e. The van der Waals surface area contributed by atoms with E-state index in [0.717, 1.165) is 4.68 Å². The van der Waals surface area contributed by atoms with E-state index in [2.05, 4.69) is 15.0 Å². The fourth-order valence-corrected chi connectivity index (χ4v) is 0.939. The van der Waals surface area contributed by atoms with Gasteiger partial charge in [0.15, 0.2) is 0 Å². The standard InChI is InChI=1S/C7H8F3N3O3/c8-7(9,10)16-2-1-13-4-5(11-12-13)3-6(14)15/h4H,1-3H2,(H,14,15). The third-order valence-electron chi connectivity index (χ3n) is 1.50. The van der Waals surface area contributed by atoms with Crippen molar-refractivity contribution in [3.8, 4) is 0 Å². The Morgan fingerprint density at radius 2 is 2.25 bits per heavy atom. The van der Waals surface area contributed by atoms with Crippen LogP contribution >= 0.6 is 0 Å². The lowest BCUT2D eigenvalue weighted by Crippen LogP contribution is -2.17. The van der Waals surface area contributed by atoms with Crippen LogP contribution in [0.25, 0.3) is 0 Å². The molecule has 1 rings (SSSR count). The molecule has 1 aromatic rings. The van der Waals surface area contributed by atoms with Gasteiger partial charge < -0.3 is 5.11 Å². The molecule has 0 fully saturated rings. The summed E-state index contributed by atoms with van der Waals surface area (Å²) in [6.07, 6.45) is -3.74. The summed E-state index contributed by atoms with van der Waals surface area (Å²) >= 11 is 0. The zero-order chi connectivity index (χ0) is 12.2. The zero-order valence-electron chi connectivity index (χ0n) is 7.94. The van der Waals surface area contributed by atoms with E-state index in [9.17, 15) is 18.0 Å². The van der Waals surface area contributed by atoms with Crippen molar-refractivity contribution in [1.82, 2.24) is 15.0 Å². The molecule has 0 aliphatic heterocycles. The molecule has 6 nitrogen and oxygen atoms in total. The van der Waals surface area contributed by atoms with E-state index in [1.54, 1.807) is 0 Å². The summed E-state index contributed by atoms with van der Waals surface area (Å²) in [6.45, 7) is -0.745. The number of carbonyl (C=O) groups is 1. The molecule has 0 radical (unpaired) electrons. The Labute approximate surface area is 87.6 Å². The fourth-order valence-electron chi connectivity index (χ4n) is 0.939. The van der Waals surface area contributed by atoms with Crippen molar-refractivity contribution in [1.29, 1.82) is 0 Å². The van der Waals surface area contributed by atoms with Crippen LogP contribution in [0.1, 0.15) is 5.69 Å². The molecule has 0 bridgehead atoms. The first-order chi connectivity index (χ1) is 7.37. The van der Waals surface area contributed by atoms with E-state index < -0.39 is 18.9 Å². The molecule has 0 aromatic carbocycles. The number of ether oxygens (including phenoxy) is 1. The number of rotatable bonds is 5. The van der Waals surface area contributed by atoms with Crippen LogP contribution < -0.4 is 0 Å². The predicted molar refractivity (Wildman–Crippen MR) is 43.4 cm³/mol. The maximum absolute atomic E-state index is 11.6. The molecule has 0 amide bonds. The molecular formula is C7H8F3N3O3. The minimum atomic E-state index is -4.68. The van der Waals surface area contributed by atoms with Crippen molar-refractivity contribution in [3.05, 3.63) is 11.9 Å². The Morgan fingerprint density at radius 3 is 2.81 bits per heavy atom. The molecule has 0 aliphatic carbocycles. The number of hydrogen-bond acceptors (Lipinski definition) is 4. The van der Waals surface area contributed by atoms with Crippen molar-refractivity contribution < 1.29 is 27.8 Å². The Kier molecular flexibility index (Phi) is 3.82. The van der Waals surface area contributed by atoms with E-state index in [0.29, 0.717) is 0 Å². The summed E-state index contributed by atoms with van der Waals surface area (Å²) in [5.41, 5.74) is 0.180. The number of nitrogens with zero attached hydrogens (tertiary/aromatic N) is 3. The average Bonchev–Trinajstić information content (AvgIpc) is 2.49. The molecule has 0 unspecified atom stereocenters. The highest BCUT2D eigenvalue weighted by molar-refractivity contribution is 5.69. The summed E-state index contributed by atoms with van der Waals surface area (Å²) in [7, 11) is 0. The molecule has 1 N–H and O–H groups in total. The van der Waals surface area contributed by atoms with Gasteiger partial charge in [0.25, 0.3) is 0 Å². The number of aromatic nitrogens is 3. The van der Waals surface area contributed by atoms with Crippen molar-refractivity contribution >= 4 is 5.97 Å². The Morgan fingerprint density at radius 1 is 1.56 bits per heavy atom. The van der Waals surface area contributed by atoms with Crippen LogP contribution in [0.4, 0.5) is 13.2 Å². The summed E-state index contributed by atoms with van der Waals surface area (Å²) in [6, 6.07) is 0. The number of carboxylic acids is 1. The van der Waals surface area contributed by atoms with E-state index in [1.165, 1.54) is 6.20 Å². The molecule has 0 saturated carbocycles. The average molecular weight is 239 g/mol. The molecular weight excluding hydrogens is 231 g/mol. The number of carboxylic acid groups (broad SMARTS) is 1. The molecule has 90 valence electrons. The van der Waals surface area contributed by atoms with E-state index >= 15 is 0 Å². The van der Waals surface area contributed by atoms with Crippen molar-refractivity contribution in [2.75, 3.05) is 6.61 Å². The third kappa shape index (κ3) is 4.73. The molecule has 1 heterocycles. The zero-order valence-corrected chi connectivity index (χ0v) is 7.94. The van der Waals surface area contributed by atoms with E-state index in [1.807, 2.05) is 0 Å². The van der Waals surface area contributed by atoms with Crippen molar-refractivity contribution in [2.24, 2.45) is 0 Å². The smallest absolute Gasteiger partial charge is 0.481 e. The Bertz CT molecular complexity index is 363. The highest BCUT2D eigenvalue weighted by Crippen LogP contribution is 2.15. The fraction of sp³-hybridized carbons (Fsp3) is 0.571. The van der Waals surface area contributed by atoms with Crippen LogP contribution in [0.2, 0.25) is 0 Å². The van der Waals surface area contributed by atoms with E-state index in [-0.39, 0.29) is 18.7 Å². The second-order valence-electron chi connectivity index (χ2n) is 2.84. The maximum atomic E-state index is 11.6. The molecule has 16 heavy (non-hydrogen) atoms. The monoisotopic (exact) mass is 239 g/mol. The minimum Gasteiger partial charge on any atom is -0.481 e. The summed E-state index contributed by atoms with van der Waals surface area (Å²) in [5.74, 6) is -1.08. The molecule has 9 heteroatoms. The lowest BCUT2D eigenvalue weighted by atomic mass is 10.3. The summed E-state index contributed by atoms with van der Waals surface area (Å²) in [4.78, 5) is 10.3. The number of hydrogen-bond donors (Lipinski definition) is 1. The second-order valence-corrected chi connectivity index (χ2v) is 2.84. The summed E-state index contributed by atoms with van der Waals surface area (Å²) < 4.78 is 39.4. The SMILES string of the molecule is O=C(O)Cc1cn(CCOC(F)(F)F)nn1. The van der Waals surface area contributed by atoms with Gasteiger partial charge in [0.1, 0.15) is 0 Å². The van der Waals surface area contributed by atoms with Crippen molar-refractivity contribution in [3.63, 3.8) is 0 Å². The lowest BCUT2D eigenvalue weighted by molar-refractivity contribution is -0.325. The van der Waals surface area contributed by atoms with Crippen LogP contribution in [0, 0.1) is 0 Å². The van der Waals surface area contributed by atoms with Crippen molar-refractivity contribution in [2.45, 2.75) is 19.3 Å². The van der Waals surface area contributed by atoms with Crippen LogP contribution in [0.15, 0.2) is 6.20 Å². The van der Waals surface area contributed by atoms with Gasteiger partial charge in [0.05, 0.1) is 25.3 Å². The molecule has 0 saturated heterocycles. The quantitative estimate of drug-likeness (QED) is 0.806. The third-order valence-corrected chi connectivity index (χ3v) is 1.50. The van der Waals surface area contributed by atoms with E-state index in [4.69, 9.17) is 5.11 Å². The van der Waals surface area contributed by atoms with Gasteiger partial charge in [-0.15, -0.1) is 18.3 Å². The van der Waals surface area contributed by atoms with Gasteiger partial charge >= 0.3 is 12.3 Å². The minimum absolute atomic E-state index is 0.147. The topological polar surface area (TPSA) is 77.2 Å².